The number of carbonyl (C=O) groups excluding carboxylic acids is 5. The van der Waals surface area contributed by atoms with Crippen LogP contribution in [-0.2, 0) is 37.7 Å². The summed E-state index contributed by atoms with van der Waals surface area (Å²) in [6, 6.07) is 8.07. The number of rotatable bonds is 11. The normalized spacial score (nSPS) is 10.7. The molecule has 0 saturated carbocycles. The standard InChI is InChI=1S/C29H34N8O6/c1-6-43-25(38)9-10-30-26(39)22-12-18(15-35(22)3)32-28(41)24-14-20(17-37(24)5)33-29(42)23-13-19(16-36(23)4)31-27(40)21-8-7-11-34(21)2/h7-8,11-17H,6,9-10H2,1-5H3,(H,30,39)(H,31,40)(H,32,41)(H,33,42). The van der Waals surface area contributed by atoms with Crippen LogP contribution in [0.15, 0.2) is 55.1 Å². The lowest BCUT2D eigenvalue weighted by Crippen LogP contribution is -2.28. The Hall–Kier alpha value is -5.53. The third-order valence-corrected chi connectivity index (χ3v) is 6.58. The number of aromatic nitrogens is 4. The molecule has 0 atom stereocenters. The van der Waals surface area contributed by atoms with E-state index in [9.17, 15) is 24.0 Å². The molecule has 0 saturated heterocycles. The van der Waals surface area contributed by atoms with E-state index in [2.05, 4.69) is 21.3 Å². The van der Waals surface area contributed by atoms with E-state index >= 15 is 0 Å². The number of carbonyl (C=O) groups is 5. The van der Waals surface area contributed by atoms with Crippen LogP contribution in [-0.4, -0.2) is 61.0 Å². The van der Waals surface area contributed by atoms with Crippen molar-refractivity contribution in [1.82, 2.24) is 23.6 Å². The van der Waals surface area contributed by atoms with Gasteiger partial charge in [0.1, 0.15) is 22.8 Å². The topological polar surface area (TPSA) is 162 Å². The highest BCUT2D eigenvalue weighted by Crippen LogP contribution is 2.20. The Morgan fingerprint density at radius 2 is 1.09 bits per heavy atom. The highest BCUT2D eigenvalue weighted by molar-refractivity contribution is 6.08. The fraction of sp³-hybridized carbons (Fsp3) is 0.276. The van der Waals surface area contributed by atoms with Crippen molar-refractivity contribution in [2.24, 2.45) is 28.2 Å². The highest BCUT2D eigenvalue weighted by Gasteiger charge is 2.19. The molecule has 0 spiro atoms. The van der Waals surface area contributed by atoms with E-state index in [-0.39, 0.29) is 31.2 Å². The maximum atomic E-state index is 13.0. The van der Waals surface area contributed by atoms with E-state index in [0.29, 0.717) is 34.1 Å². The van der Waals surface area contributed by atoms with Gasteiger partial charge in [-0.1, -0.05) is 0 Å². The molecule has 0 unspecified atom stereocenters. The largest absolute Gasteiger partial charge is 0.466 e. The van der Waals surface area contributed by atoms with Crippen LogP contribution in [0.3, 0.4) is 0 Å². The van der Waals surface area contributed by atoms with Crippen LogP contribution in [0.25, 0.3) is 0 Å². The lowest BCUT2D eigenvalue weighted by Gasteiger charge is -2.05. The molecule has 43 heavy (non-hydrogen) atoms. The predicted octanol–water partition coefficient (Wildman–Crippen LogP) is 2.48. The van der Waals surface area contributed by atoms with E-state index in [1.807, 2.05) is 0 Å². The zero-order valence-electron chi connectivity index (χ0n) is 24.6. The number of hydrogen-bond acceptors (Lipinski definition) is 6. The summed E-state index contributed by atoms with van der Waals surface area (Å²) in [6.07, 6.45) is 6.64. The zero-order chi connectivity index (χ0) is 31.3. The second-order valence-corrected chi connectivity index (χ2v) is 9.85. The van der Waals surface area contributed by atoms with Gasteiger partial charge in [-0.2, -0.15) is 0 Å². The van der Waals surface area contributed by atoms with Crippen LogP contribution in [0.2, 0.25) is 0 Å². The smallest absolute Gasteiger partial charge is 0.307 e. The molecule has 4 rings (SSSR count). The summed E-state index contributed by atoms with van der Waals surface area (Å²) in [5.74, 6) is -1.99. The molecule has 4 aromatic heterocycles. The Kier molecular flexibility index (Phi) is 9.18. The van der Waals surface area contributed by atoms with Crippen molar-refractivity contribution in [3.05, 3.63) is 77.9 Å². The third-order valence-electron chi connectivity index (χ3n) is 6.58. The number of anilines is 3. The number of esters is 1. The predicted molar refractivity (Wildman–Crippen MR) is 159 cm³/mol. The number of nitrogens with one attached hydrogen (secondary N) is 4. The summed E-state index contributed by atoms with van der Waals surface area (Å²) in [5.41, 5.74) is 2.58. The van der Waals surface area contributed by atoms with E-state index in [1.165, 1.54) is 12.1 Å². The second-order valence-electron chi connectivity index (χ2n) is 9.85. The van der Waals surface area contributed by atoms with Gasteiger partial charge in [0.15, 0.2) is 0 Å². The first-order valence-corrected chi connectivity index (χ1v) is 13.4. The van der Waals surface area contributed by atoms with Crippen LogP contribution in [0, 0.1) is 0 Å². The van der Waals surface area contributed by atoms with E-state index in [0.717, 1.165) is 0 Å². The number of aryl methyl sites for hydroxylation is 4. The minimum Gasteiger partial charge on any atom is -0.466 e. The van der Waals surface area contributed by atoms with Gasteiger partial charge in [0.25, 0.3) is 23.6 Å². The highest BCUT2D eigenvalue weighted by atomic mass is 16.5. The van der Waals surface area contributed by atoms with Gasteiger partial charge in [-0.15, -0.1) is 0 Å². The number of ether oxygens (including phenoxy) is 1. The second kappa shape index (κ2) is 13.0. The monoisotopic (exact) mass is 590 g/mol. The van der Waals surface area contributed by atoms with Crippen LogP contribution >= 0.6 is 0 Å². The lowest BCUT2D eigenvalue weighted by molar-refractivity contribution is -0.142. The van der Waals surface area contributed by atoms with Crippen molar-refractivity contribution in [1.29, 1.82) is 0 Å². The van der Waals surface area contributed by atoms with Crippen molar-refractivity contribution in [3.63, 3.8) is 0 Å². The van der Waals surface area contributed by atoms with Crippen molar-refractivity contribution in [2.45, 2.75) is 13.3 Å². The molecule has 14 nitrogen and oxygen atoms in total. The molecule has 0 fully saturated rings. The Labute approximate surface area is 247 Å². The fourth-order valence-corrected chi connectivity index (χ4v) is 4.46. The summed E-state index contributed by atoms with van der Waals surface area (Å²) in [5, 5.41) is 11.0. The molecule has 0 bridgehead atoms. The molecule has 0 aliphatic heterocycles. The molecule has 4 amide bonds. The molecule has 0 aliphatic rings. The summed E-state index contributed by atoms with van der Waals surface area (Å²) in [4.78, 5) is 62.6. The summed E-state index contributed by atoms with van der Waals surface area (Å²) < 4.78 is 11.3. The summed E-state index contributed by atoms with van der Waals surface area (Å²) in [6.45, 7) is 2.10. The summed E-state index contributed by atoms with van der Waals surface area (Å²) >= 11 is 0. The van der Waals surface area contributed by atoms with Crippen molar-refractivity contribution < 1.29 is 28.7 Å². The number of nitrogens with zero attached hydrogens (tertiary/aromatic N) is 4. The Bertz CT molecular complexity index is 1690. The first kappa shape index (κ1) is 30.4. The Balaban J connectivity index is 1.36. The Morgan fingerprint density at radius 1 is 0.651 bits per heavy atom. The van der Waals surface area contributed by atoms with E-state index in [1.54, 1.807) is 96.4 Å². The molecule has 0 radical (unpaired) electrons. The van der Waals surface area contributed by atoms with Gasteiger partial charge in [0, 0.05) is 59.5 Å². The minimum absolute atomic E-state index is 0.0515. The van der Waals surface area contributed by atoms with Crippen LogP contribution in [0.5, 0.6) is 0 Å². The molecule has 14 heteroatoms. The van der Waals surface area contributed by atoms with E-state index in [4.69, 9.17) is 4.74 Å². The lowest BCUT2D eigenvalue weighted by atomic mass is 10.3. The average molecular weight is 591 g/mol. The molecule has 4 N–H and O–H groups in total. The van der Waals surface area contributed by atoms with Gasteiger partial charge in [-0.25, -0.2) is 0 Å². The molecule has 4 heterocycles. The number of hydrogen-bond donors (Lipinski definition) is 4. The van der Waals surface area contributed by atoms with E-state index < -0.39 is 23.7 Å². The maximum Gasteiger partial charge on any atom is 0.307 e. The summed E-state index contributed by atoms with van der Waals surface area (Å²) in [7, 11) is 6.78. The van der Waals surface area contributed by atoms with Crippen LogP contribution in [0.4, 0.5) is 17.1 Å². The SMILES string of the molecule is CCOC(=O)CCNC(=O)c1cc(NC(=O)c2cc(NC(=O)c3cc(NC(=O)c4cccn4C)cn3C)cn2C)cn1C. The fourth-order valence-electron chi connectivity index (χ4n) is 4.46. The van der Waals surface area contributed by atoms with Crippen molar-refractivity contribution in [2.75, 3.05) is 29.1 Å². The van der Waals surface area contributed by atoms with Gasteiger partial charge >= 0.3 is 5.97 Å². The molecular formula is C29H34N8O6. The minimum atomic E-state index is -0.451. The van der Waals surface area contributed by atoms with Gasteiger partial charge < -0.3 is 44.3 Å². The van der Waals surface area contributed by atoms with Gasteiger partial charge in [0.2, 0.25) is 0 Å². The third kappa shape index (κ3) is 7.22. The molecule has 0 aromatic carbocycles. The zero-order valence-corrected chi connectivity index (χ0v) is 24.6. The van der Waals surface area contributed by atoms with Gasteiger partial charge in [-0.3, -0.25) is 24.0 Å². The first-order valence-electron chi connectivity index (χ1n) is 13.4. The number of amides is 4. The quantitative estimate of drug-likeness (QED) is 0.196. The molecule has 226 valence electrons. The average Bonchev–Trinajstić information content (AvgIpc) is 3.71. The van der Waals surface area contributed by atoms with Crippen molar-refractivity contribution >= 4 is 46.7 Å². The van der Waals surface area contributed by atoms with Crippen molar-refractivity contribution in [3.8, 4) is 0 Å². The van der Waals surface area contributed by atoms with Crippen LogP contribution in [0.1, 0.15) is 55.3 Å². The molecule has 4 aromatic rings. The van der Waals surface area contributed by atoms with Crippen LogP contribution < -0.4 is 21.3 Å². The van der Waals surface area contributed by atoms with Gasteiger partial charge in [0.05, 0.1) is 30.1 Å². The van der Waals surface area contributed by atoms with Gasteiger partial charge in [-0.05, 0) is 37.3 Å². The maximum absolute atomic E-state index is 13.0. The molecular weight excluding hydrogens is 556 g/mol. The Morgan fingerprint density at radius 3 is 1.51 bits per heavy atom. The molecule has 0 aliphatic carbocycles. The first-order chi connectivity index (χ1) is 20.5.